The molecule has 2 heterocycles. The third kappa shape index (κ3) is 3.19. The summed E-state index contributed by atoms with van der Waals surface area (Å²) in [5.74, 6) is 7.23. The van der Waals surface area contributed by atoms with Crippen molar-refractivity contribution in [3.05, 3.63) is 30.4 Å². The molecule has 0 unspecified atom stereocenters. The van der Waals surface area contributed by atoms with Gasteiger partial charge in [0.1, 0.15) is 18.0 Å². The summed E-state index contributed by atoms with van der Waals surface area (Å²) in [6.45, 7) is 5.68. The maximum absolute atomic E-state index is 5.48. The van der Waals surface area contributed by atoms with Crippen molar-refractivity contribution in [2.24, 2.45) is 5.84 Å². The summed E-state index contributed by atoms with van der Waals surface area (Å²) in [4.78, 5) is 8.41. The Kier molecular flexibility index (Phi) is 4.30. The normalized spacial score (nSPS) is 10.7. The van der Waals surface area contributed by atoms with E-state index in [2.05, 4.69) is 39.7 Å². The van der Waals surface area contributed by atoms with Gasteiger partial charge in [0.05, 0.1) is 6.54 Å². The first kappa shape index (κ1) is 13.3. The molecule has 0 aliphatic carbocycles. The van der Waals surface area contributed by atoms with Crippen LogP contribution in [0.4, 0.5) is 11.6 Å². The minimum Gasteiger partial charge on any atom is -0.368 e. The second-order valence-corrected chi connectivity index (χ2v) is 4.48. The van der Waals surface area contributed by atoms with Gasteiger partial charge >= 0.3 is 0 Å². The van der Waals surface area contributed by atoms with Crippen LogP contribution in [0, 0.1) is 0 Å². The molecule has 7 nitrogen and oxygen atoms in total. The SMILES string of the molecule is CC(C)c1c(NN)ncnc1NCCn1cccn1. The van der Waals surface area contributed by atoms with Crippen molar-refractivity contribution >= 4 is 11.6 Å². The van der Waals surface area contributed by atoms with Gasteiger partial charge in [-0.3, -0.25) is 4.68 Å². The van der Waals surface area contributed by atoms with Gasteiger partial charge in [0.15, 0.2) is 0 Å². The van der Waals surface area contributed by atoms with E-state index in [0.29, 0.717) is 5.82 Å². The summed E-state index contributed by atoms with van der Waals surface area (Å²) >= 11 is 0. The number of nitrogens with one attached hydrogen (secondary N) is 2. The lowest BCUT2D eigenvalue weighted by molar-refractivity contribution is 0.636. The quantitative estimate of drug-likeness (QED) is 0.534. The highest BCUT2D eigenvalue weighted by molar-refractivity contribution is 5.58. The average molecular weight is 261 g/mol. The van der Waals surface area contributed by atoms with E-state index in [1.165, 1.54) is 6.33 Å². The highest BCUT2D eigenvalue weighted by Crippen LogP contribution is 2.27. The van der Waals surface area contributed by atoms with Gasteiger partial charge in [0, 0.05) is 24.5 Å². The lowest BCUT2D eigenvalue weighted by Gasteiger charge is -2.16. The van der Waals surface area contributed by atoms with Crippen LogP contribution in [0.15, 0.2) is 24.8 Å². The number of rotatable bonds is 6. The third-order valence-electron chi connectivity index (χ3n) is 2.79. The summed E-state index contributed by atoms with van der Waals surface area (Å²) < 4.78 is 1.87. The van der Waals surface area contributed by atoms with Gasteiger partial charge in [-0.25, -0.2) is 15.8 Å². The average Bonchev–Trinajstić information content (AvgIpc) is 2.91. The van der Waals surface area contributed by atoms with Crippen molar-refractivity contribution < 1.29 is 0 Å². The molecule has 0 bridgehead atoms. The van der Waals surface area contributed by atoms with Crippen LogP contribution in [0.2, 0.25) is 0 Å². The fraction of sp³-hybridized carbons (Fsp3) is 0.417. The lowest BCUT2D eigenvalue weighted by Crippen LogP contribution is -2.17. The molecule has 2 aromatic rings. The summed E-state index contributed by atoms with van der Waals surface area (Å²) in [6.07, 6.45) is 5.19. The van der Waals surface area contributed by atoms with E-state index < -0.39 is 0 Å². The molecule has 0 spiro atoms. The first-order chi connectivity index (χ1) is 9.22. The molecule has 0 saturated carbocycles. The number of nitrogen functional groups attached to an aromatic ring is 1. The Morgan fingerprint density at radius 1 is 1.32 bits per heavy atom. The number of nitrogens with zero attached hydrogens (tertiary/aromatic N) is 4. The number of hydrazine groups is 1. The molecule has 0 radical (unpaired) electrons. The highest BCUT2D eigenvalue weighted by atomic mass is 15.3. The van der Waals surface area contributed by atoms with Gasteiger partial charge in [-0.05, 0) is 12.0 Å². The molecule has 0 aromatic carbocycles. The predicted molar refractivity (Wildman–Crippen MR) is 74.6 cm³/mol. The zero-order chi connectivity index (χ0) is 13.7. The van der Waals surface area contributed by atoms with Crippen molar-refractivity contribution in [2.75, 3.05) is 17.3 Å². The van der Waals surface area contributed by atoms with Crippen molar-refractivity contribution in [2.45, 2.75) is 26.3 Å². The topological polar surface area (TPSA) is 93.7 Å². The zero-order valence-corrected chi connectivity index (χ0v) is 11.2. The highest BCUT2D eigenvalue weighted by Gasteiger charge is 2.13. The number of hydrogen-bond acceptors (Lipinski definition) is 6. The second kappa shape index (κ2) is 6.14. The second-order valence-electron chi connectivity index (χ2n) is 4.48. The van der Waals surface area contributed by atoms with E-state index in [0.717, 1.165) is 24.5 Å². The van der Waals surface area contributed by atoms with E-state index in [4.69, 9.17) is 5.84 Å². The van der Waals surface area contributed by atoms with Gasteiger partial charge in [0.25, 0.3) is 0 Å². The first-order valence-corrected chi connectivity index (χ1v) is 6.25. The molecule has 7 heteroatoms. The Bertz CT molecular complexity index is 507. The Labute approximate surface area is 112 Å². The molecule has 19 heavy (non-hydrogen) atoms. The predicted octanol–water partition coefficient (Wildman–Crippen LogP) is 1.19. The molecule has 0 atom stereocenters. The van der Waals surface area contributed by atoms with Crippen molar-refractivity contribution in [3.63, 3.8) is 0 Å². The smallest absolute Gasteiger partial charge is 0.148 e. The zero-order valence-electron chi connectivity index (χ0n) is 11.2. The van der Waals surface area contributed by atoms with Crippen molar-refractivity contribution in [1.82, 2.24) is 19.7 Å². The van der Waals surface area contributed by atoms with Gasteiger partial charge < -0.3 is 10.7 Å². The van der Waals surface area contributed by atoms with Crippen molar-refractivity contribution in [3.8, 4) is 0 Å². The van der Waals surface area contributed by atoms with Gasteiger partial charge in [-0.15, -0.1) is 0 Å². The maximum atomic E-state index is 5.48. The first-order valence-electron chi connectivity index (χ1n) is 6.25. The lowest BCUT2D eigenvalue weighted by atomic mass is 10.0. The summed E-state index contributed by atoms with van der Waals surface area (Å²) in [7, 11) is 0. The fourth-order valence-corrected chi connectivity index (χ4v) is 1.92. The summed E-state index contributed by atoms with van der Waals surface area (Å²) in [5.41, 5.74) is 3.60. The minimum absolute atomic E-state index is 0.277. The van der Waals surface area contributed by atoms with E-state index in [9.17, 15) is 0 Å². The summed E-state index contributed by atoms with van der Waals surface area (Å²) in [6, 6.07) is 1.90. The number of nitrogens with two attached hydrogens (primary N) is 1. The molecular weight excluding hydrogens is 242 g/mol. The molecule has 0 aliphatic rings. The molecule has 0 fully saturated rings. The van der Waals surface area contributed by atoms with Crippen LogP contribution in [0.3, 0.4) is 0 Å². The molecule has 0 amide bonds. The number of aromatic nitrogens is 4. The Morgan fingerprint density at radius 2 is 2.11 bits per heavy atom. The molecular formula is C12H19N7. The maximum Gasteiger partial charge on any atom is 0.148 e. The largest absolute Gasteiger partial charge is 0.368 e. The van der Waals surface area contributed by atoms with Crippen molar-refractivity contribution in [1.29, 1.82) is 0 Å². The van der Waals surface area contributed by atoms with Crippen LogP contribution in [-0.2, 0) is 6.54 Å². The van der Waals surface area contributed by atoms with E-state index in [-0.39, 0.29) is 5.92 Å². The van der Waals surface area contributed by atoms with Gasteiger partial charge in [0.2, 0.25) is 0 Å². The van der Waals surface area contributed by atoms with Crippen LogP contribution in [0.1, 0.15) is 25.3 Å². The Hall–Kier alpha value is -2.15. The van der Waals surface area contributed by atoms with E-state index in [1.54, 1.807) is 6.20 Å². The van der Waals surface area contributed by atoms with Gasteiger partial charge in [-0.1, -0.05) is 13.8 Å². The Morgan fingerprint density at radius 3 is 2.74 bits per heavy atom. The van der Waals surface area contributed by atoms with E-state index >= 15 is 0 Å². The molecule has 2 aromatic heterocycles. The molecule has 4 N–H and O–H groups in total. The van der Waals surface area contributed by atoms with Crippen LogP contribution in [0.25, 0.3) is 0 Å². The molecule has 0 saturated heterocycles. The number of hydrogen-bond donors (Lipinski definition) is 3. The Balaban J connectivity index is 2.07. The fourth-order valence-electron chi connectivity index (χ4n) is 1.92. The number of anilines is 2. The standard InChI is InChI=1S/C12H19N7/c1-9(2)10-11(15-8-16-12(10)18-13)14-5-7-19-6-3-4-17-19/h3-4,6,8-9H,5,7,13H2,1-2H3,(H2,14,15,16,18). The van der Waals surface area contributed by atoms with Gasteiger partial charge in [-0.2, -0.15) is 5.10 Å². The van der Waals surface area contributed by atoms with Crippen LogP contribution in [-0.4, -0.2) is 26.3 Å². The van der Waals surface area contributed by atoms with E-state index in [1.807, 2.05) is 16.9 Å². The monoisotopic (exact) mass is 261 g/mol. The minimum atomic E-state index is 0.277. The van der Waals surface area contributed by atoms with Crippen LogP contribution < -0.4 is 16.6 Å². The molecule has 2 rings (SSSR count). The molecule has 102 valence electrons. The van der Waals surface area contributed by atoms with Crippen LogP contribution in [0.5, 0.6) is 0 Å². The molecule has 0 aliphatic heterocycles. The third-order valence-corrected chi connectivity index (χ3v) is 2.79. The summed E-state index contributed by atoms with van der Waals surface area (Å²) in [5, 5.41) is 7.45. The van der Waals surface area contributed by atoms with Crippen LogP contribution >= 0.6 is 0 Å².